The van der Waals surface area contributed by atoms with Crippen LogP contribution >= 0.6 is 0 Å². The lowest BCUT2D eigenvalue weighted by atomic mass is 10.1. The van der Waals surface area contributed by atoms with Crippen LogP contribution in [0.25, 0.3) is 6.08 Å². The highest BCUT2D eigenvalue weighted by molar-refractivity contribution is 5.92. The average molecular weight is 345 g/mol. The molecule has 6 heteroatoms. The number of carbonyl (C=O) groups is 2. The number of para-hydroxylation sites is 1. The van der Waals surface area contributed by atoms with Gasteiger partial charge >= 0.3 is 6.03 Å². The fraction of sp³-hybridized carbons (Fsp3) is 0.474. The van der Waals surface area contributed by atoms with E-state index in [2.05, 4.69) is 12.2 Å². The molecule has 3 amide bonds. The van der Waals surface area contributed by atoms with Crippen molar-refractivity contribution in [2.75, 3.05) is 13.1 Å². The molecular weight excluding hydrogens is 318 g/mol. The number of urea groups is 1. The number of nitrogens with one attached hydrogen (secondary N) is 1. The third-order valence-electron chi connectivity index (χ3n) is 4.39. The lowest BCUT2D eigenvalue weighted by molar-refractivity contribution is -0.117. The molecule has 0 spiro atoms. The van der Waals surface area contributed by atoms with Gasteiger partial charge in [0.1, 0.15) is 5.75 Å². The van der Waals surface area contributed by atoms with E-state index in [1.54, 1.807) is 11.0 Å². The van der Waals surface area contributed by atoms with Gasteiger partial charge in [-0.1, -0.05) is 25.1 Å². The number of primary amides is 1. The van der Waals surface area contributed by atoms with Crippen LogP contribution in [0.3, 0.4) is 0 Å². The van der Waals surface area contributed by atoms with E-state index in [0.717, 1.165) is 30.6 Å². The van der Waals surface area contributed by atoms with Gasteiger partial charge in [-0.15, -0.1) is 0 Å². The van der Waals surface area contributed by atoms with E-state index >= 15 is 0 Å². The molecular formula is C19H27N3O3. The van der Waals surface area contributed by atoms with Crippen LogP contribution in [0.4, 0.5) is 4.79 Å². The summed E-state index contributed by atoms with van der Waals surface area (Å²) in [5.41, 5.74) is 6.14. The summed E-state index contributed by atoms with van der Waals surface area (Å²) in [4.78, 5) is 24.9. The number of nitrogens with two attached hydrogens (primary N) is 1. The van der Waals surface area contributed by atoms with Crippen LogP contribution in [-0.4, -0.2) is 42.1 Å². The predicted molar refractivity (Wildman–Crippen MR) is 98.2 cm³/mol. The molecule has 0 aliphatic carbocycles. The van der Waals surface area contributed by atoms with Crippen LogP contribution in [0.1, 0.15) is 38.7 Å². The molecule has 1 aliphatic rings. The van der Waals surface area contributed by atoms with Crippen LogP contribution in [0.2, 0.25) is 0 Å². The lowest BCUT2D eigenvalue weighted by Crippen LogP contribution is -2.47. The Morgan fingerprint density at radius 1 is 1.36 bits per heavy atom. The molecule has 1 unspecified atom stereocenters. The van der Waals surface area contributed by atoms with E-state index in [0.29, 0.717) is 13.1 Å². The lowest BCUT2D eigenvalue weighted by Gasteiger charge is -2.30. The average Bonchev–Trinajstić information content (AvgIpc) is 2.61. The van der Waals surface area contributed by atoms with Crippen molar-refractivity contribution < 1.29 is 14.3 Å². The highest BCUT2D eigenvalue weighted by Gasteiger charge is 2.21. The molecule has 1 aliphatic heterocycles. The van der Waals surface area contributed by atoms with Crippen LogP contribution in [0.5, 0.6) is 5.75 Å². The van der Waals surface area contributed by atoms with E-state index in [1.165, 1.54) is 6.08 Å². The van der Waals surface area contributed by atoms with Gasteiger partial charge in [-0.25, -0.2) is 4.79 Å². The van der Waals surface area contributed by atoms with E-state index < -0.39 is 6.03 Å². The Labute approximate surface area is 149 Å². The number of benzene rings is 1. The summed E-state index contributed by atoms with van der Waals surface area (Å²) < 4.78 is 5.88. The van der Waals surface area contributed by atoms with Gasteiger partial charge in [-0.2, -0.15) is 0 Å². The molecule has 1 fully saturated rings. The van der Waals surface area contributed by atoms with Crippen LogP contribution in [-0.2, 0) is 4.79 Å². The topological polar surface area (TPSA) is 84.7 Å². The van der Waals surface area contributed by atoms with Crippen LogP contribution in [0, 0.1) is 0 Å². The van der Waals surface area contributed by atoms with Crippen molar-refractivity contribution in [2.45, 2.75) is 45.3 Å². The second kappa shape index (κ2) is 9.11. The van der Waals surface area contributed by atoms with Gasteiger partial charge in [0.2, 0.25) is 5.91 Å². The molecule has 0 radical (unpaired) electrons. The molecule has 136 valence electrons. The van der Waals surface area contributed by atoms with Gasteiger partial charge in [0.15, 0.2) is 0 Å². The van der Waals surface area contributed by atoms with Crippen molar-refractivity contribution >= 4 is 18.0 Å². The Morgan fingerprint density at radius 3 is 2.68 bits per heavy atom. The number of likely N-dealkylation sites (tertiary alicyclic amines) is 1. The molecule has 1 saturated heterocycles. The van der Waals surface area contributed by atoms with Gasteiger partial charge in [-0.3, -0.25) is 4.79 Å². The SMILES string of the molecule is CCC(C)Oc1ccccc1C=CC(=O)NC1CCN(C(N)=O)CC1. The Morgan fingerprint density at radius 2 is 2.04 bits per heavy atom. The molecule has 2 rings (SSSR count). The summed E-state index contributed by atoms with van der Waals surface area (Å²) in [5, 5.41) is 2.97. The molecule has 3 N–H and O–H groups in total. The summed E-state index contributed by atoms with van der Waals surface area (Å²) in [6.07, 6.45) is 5.78. The number of piperidine rings is 1. The number of amides is 3. The first kappa shape index (κ1) is 18.8. The Balaban J connectivity index is 1.89. The summed E-state index contributed by atoms with van der Waals surface area (Å²) >= 11 is 0. The summed E-state index contributed by atoms with van der Waals surface area (Å²) in [6.45, 7) is 5.25. The van der Waals surface area contributed by atoms with Crippen molar-refractivity contribution in [3.63, 3.8) is 0 Å². The van der Waals surface area contributed by atoms with Gasteiger partial charge < -0.3 is 20.7 Å². The Kier molecular flexibility index (Phi) is 6.86. The number of carbonyl (C=O) groups excluding carboxylic acids is 2. The summed E-state index contributed by atoms with van der Waals surface area (Å²) in [6, 6.07) is 7.33. The Hall–Kier alpha value is -2.50. The molecule has 0 aromatic heterocycles. The highest BCUT2D eigenvalue weighted by Crippen LogP contribution is 2.21. The minimum atomic E-state index is -0.400. The summed E-state index contributed by atoms with van der Waals surface area (Å²) in [7, 11) is 0. The maximum Gasteiger partial charge on any atom is 0.314 e. The fourth-order valence-corrected chi connectivity index (χ4v) is 2.68. The molecule has 0 bridgehead atoms. The maximum absolute atomic E-state index is 12.1. The zero-order valence-electron chi connectivity index (χ0n) is 14.9. The third-order valence-corrected chi connectivity index (χ3v) is 4.39. The number of ether oxygens (including phenoxy) is 1. The molecule has 0 saturated carbocycles. The fourth-order valence-electron chi connectivity index (χ4n) is 2.68. The van der Waals surface area contributed by atoms with Crippen LogP contribution < -0.4 is 15.8 Å². The normalized spacial score (nSPS) is 16.6. The van der Waals surface area contributed by atoms with E-state index in [4.69, 9.17) is 10.5 Å². The van der Waals surface area contributed by atoms with Crippen molar-refractivity contribution in [1.82, 2.24) is 10.2 Å². The van der Waals surface area contributed by atoms with E-state index in [1.807, 2.05) is 31.2 Å². The van der Waals surface area contributed by atoms with Gasteiger partial charge in [0, 0.05) is 30.8 Å². The standard InChI is InChI=1S/C19H27N3O3/c1-3-14(2)25-17-7-5-4-6-15(17)8-9-18(23)21-16-10-12-22(13-11-16)19(20)24/h4-9,14,16H,3,10-13H2,1-2H3,(H2,20,24)(H,21,23). The minimum Gasteiger partial charge on any atom is -0.490 e. The largest absolute Gasteiger partial charge is 0.490 e. The first-order valence-corrected chi connectivity index (χ1v) is 8.78. The quantitative estimate of drug-likeness (QED) is 0.777. The molecule has 1 aromatic rings. The third kappa shape index (κ3) is 5.81. The van der Waals surface area contributed by atoms with Gasteiger partial charge in [0.05, 0.1) is 6.10 Å². The van der Waals surface area contributed by atoms with Crippen molar-refractivity contribution in [1.29, 1.82) is 0 Å². The van der Waals surface area contributed by atoms with Crippen LogP contribution in [0.15, 0.2) is 30.3 Å². The molecule has 1 aromatic carbocycles. The first-order chi connectivity index (χ1) is 12.0. The summed E-state index contributed by atoms with van der Waals surface area (Å²) in [5.74, 6) is 0.631. The molecule has 25 heavy (non-hydrogen) atoms. The number of rotatable bonds is 6. The maximum atomic E-state index is 12.1. The minimum absolute atomic E-state index is 0.0688. The second-order valence-electron chi connectivity index (χ2n) is 6.32. The molecule has 6 nitrogen and oxygen atoms in total. The second-order valence-corrected chi connectivity index (χ2v) is 6.32. The first-order valence-electron chi connectivity index (χ1n) is 8.78. The predicted octanol–water partition coefficient (Wildman–Crippen LogP) is 2.54. The number of hydrogen-bond donors (Lipinski definition) is 2. The van der Waals surface area contributed by atoms with E-state index in [9.17, 15) is 9.59 Å². The smallest absolute Gasteiger partial charge is 0.314 e. The number of nitrogens with zero attached hydrogens (tertiary/aromatic N) is 1. The van der Waals surface area contributed by atoms with Crippen molar-refractivity contribution in [3.8, 4) is 5.75 Å². The monoisotopic (exact) mass is 345 g/mol. The molecule has 1 atom stereocenters. The zero-order valence-corrected chi connectivity index (χ0v) is 14.9. The highest BCUT2D eigenvalue weighted by atomic mass is 16.5. The van der Waals surface area contributed by atoms with Crippen molar-refractivity contribution in [2.24, 2.45) is 5.73 Å². The van der Waals surface area contributed by atoms with Gasteiger partial charge in [0.25, 0.3) is 0 Å². The number of hydrogen-bond acceptors (Lipinski definition) is 3. The van der Waals surface area contributed by atoms with Gasteiger partial charge in [-0.05, 0) is 38.3 Å². The zero-order chi connectivity index (χ0) is 18.2. The van der Waals surface area contributed by atoms with E-state index in [-0.39, 0.29) is 18.1 Å². The van der Waals surface area contributed by atoms with Crippen molar-refractivity contribution in [3.05, 3.63) is 35.9 Å². The Bertz CT molecular complexity index is 622. The molecule has 1 heterocycles.